The van der Waals surface area contributed by atoms with E-state index in [-0.39, 0.29) is 51.4 Å². The van der Waals surface area contributed by atoms with Crippen molar-refractivity contribution in [1.29, 1.82) is 0 Å². The molecule has 5 aliphatic carbocycles. The van der Waals surface area contributed by atoms with Gasteiger partial charge in [-0.3, -0.25) is 0 Å². The Morgan fingerprint density at radius 3 is 2.13 bits per heavy atom. The van der Waals surface area contributed by atoms with E-state index in [1.165, 1.54) is 0 Å². The van der Waals surface area contributed by atoms with E-state index in [9.17, 15) is 40.9 Å². The lowest BCUT2D eigenvalue weighted by Crippen LogP contribution is -2.72. The third kappa shape index (κ3) is 5.44. The Morgan fingerprint density at radius 2 is 1.44 bits per heavy atom. The van der Waals surface area contributed by atoms with Crippen LogP contribution in [-0.2, 0) is 23.7 Å². The maximum Gasteiger partial charge on any atom is 0.187 e. The molecule has 7 fully saturated rings. The van der Waals surface area contributed by atoms with Crippen molar-refractivity contribution in [3.05, 3.63) is 12.2 Å². The van der Waals surface area contributed by atoms with Crippen LogP contribution < -0.4 is 0 Å². The van der Waals surface area contributed by atoms with Gasteiger partial charge in [0, 0.05) is 22.2 Å². The van der Waals surface area contributed by atoms with Crippen LogP contribution in [-0.4, -0.2) is 140 Å². The highest BCUT2D eigenvalue weighted by atomic mass is 16.7. The Bertz CT molecular complexity index is 1490. The van der Waals surface area contributed by atoms with Gasteiger partial charge in [0.1, 0.15) is 42.7 Å². The molecule has 1 spiro atoms. The summed E-state index contributed by atoms with van der Waals surface area (Å²) < 4.78 is 31.2. The van der Waals surface area contributed by atoms with Gasteiger partial charge in [-0.05, 0) is 86.4 Å². The van der Waals surface area contributed by atoms with Crippen molar-refractivity contribution in [3.8, 4) is 0 Å². The highest BCUT2D eigenvalue weighted by Gasteiger charge is 2.79. The molecule has 0 aromatic rings. The lowest BCUT2D eigenvalue weighted by atomic mass is 9.32. The third-order valence-electron chi connectivity index (χ3n) is 17.9. The summed E-state index contributed by atoms with van der Waals surface area (Å²) in [7, 11) is 0. The van der Waals surface area contributed by atoms with Gasteiger partial charge in [-0.2, -0.15) is 0 Å². The molecule has 3 saturated heterocycles. The van der Waals surface area contributed by atoms with Crippen molar-refractivity contribution in [1.82, 2.24) is 0 Å². The van der Waals surface area contributed by atoms with E-state index in [2.05, 4.69) is 53.7 Å². The zero-order chi connectivity index (χ0) is 39.9. The van der Waals surface area contributed by atoms with Crippen LogP contribution in [0.25, 0.3) is 0 Å². The van der Waals surface area contributed by atoms with E-state index in [0.717, 1.165) is 38.5 Å². The number of hydrogen-bond donors (Lipinski definition) is 8. The van der Waals surface area contributed by atoms with Gasteiger partial charge < -0.3 is 64.5 Å². The van der Waals surface area contributed by atoms with Crippen molar-refractivity contribution >= 4 is 0 Å². The highest BCUT2D eigenvalue weighted by Crippen LogP contribution is 2.79. The van der Waals surface area contributed by atoms with E-state index in [4.69, 9.17) is 23.7 Å². The molecule has 13 heteroatoms. The van der Waals surface area contributed by atoms with Gasteiger partial charge >= 0.3 is 0 Å². The van der Waals surface area contributed by atoms with E-state index in [1.807, 2.05) is 0 Å². The molecule has 8 N–H and O–H groups in total. The summed E-state index contributed by atoms with van der Waals surface area (Å²) in [5.41, 5.74) is -1.90. The number of rotatable bonds is 6. The second kappa shape index (κ2) is 13.4. The molecule has 13 nitrogen and oxygen atoms in total. The molecule has 0 aromatic carbocycles. The predicted molar refractivity (Wildman–Crippen MR) is 197 cm³/mol. The molecular weight excluding hydrogens is 712 g/mol. The van der Waals surface area contributed by atoms with E-state index in [1.54, 1.807) is 6.92 Å². The summed E-state index contributed by atoms with van der Waals surface area (Å²) >= 11 is 0. The maximum absolute atomic E-state index is 12.1. The van der Waals surface area contributed by atoms with Gasteiger partial charge in [0.2, 0.25) is 0 Å². The fraction of sp³-hybridized carbons (Fsp3) is 0.952. The molecule has 0 radical (unpaired) electrons. The van der Waals surface area contributed by atoms with Gasteiger partial charge in [0.15, 0.2) is 12.6 Å². The Labute approximate surface area is 325 Å². The van der Waals surface area contributed by atoms with E-state index in [0.29, 0.717) is 19.4 Å². The number of aliphatic hydroxyl groups excluding tert-OH is 8. The molecule has 8 rings (SSSR count). The van der Waals surface area contributed by atoms with Crippen molar-refractivity contribution < 1.29 is 64.5 Å². The van der Waals surface area contributed by atoms with E-state index >= 15 is 0 Å². The van der Waals surface area contributed by atoms with Crippen molar-refractivity contribution in [2.75, 3.05) is 19.8 Å². The maximum atomic E-state index is 12.1. The Hall–Kier alpha value is -0.780. The van der Waals surface area contributed by atoms with Gasteiger partial charge in [-0.25, -0.2) is 0 Å². The summed E-state index contributed by atoms with van der Waals surface area (Å²) in [6, 6.07) is 0. The molecule has 21 atom stereocenters. The minimum atomic E-state index is -1.72. The van der Waals surface area contributed by atoms with Crippen LogP contribution in [0.3, 0.4) is 0 Å². The Kier molecular flexibility index (Phi) is 9.95. The van der Waals surface area contributed by atoms with Crippen LogP contribution in [0.2, 0.25) is 0 Å². The molecule has 0 amide bonds. The van der Waals surface area contributed by atoms with Gasteiger partial charge in [-0.15, -0.1) is 0 Å². The third-order valence-corrected chi connectivity index (χ3v) is 17.9. The number of allylic oxidation sites excluding steroid dienone is 1. The van der Waals surface area contributed by atoms with Crippen LogP contribution >= 0.6 is 0 Å². The summed E-state index contributed by atoms with van der Waals surface area (Å²) in [5.74, 6) is 0.449. The SMILES string of the molecule is C[C@H]1O[C@@H](O[C@H]2CC[C@@]3(C)[C@@H](CC[C@]4(C)[C@@H]3C=C[C@]35OC[C@@]6(CCC(C)(C)C[C@H]63)[C@H](O)C[C@]54C)[C@]2(C)CO)[C@H](O)C(O[C@H]2O[C@@H](CO)[C@H](O)[C@H](O)[C@@H]2O)[C@@H]1O. The zero-order valence-corrected chi connectivity index (χ0v) is 33.7. The van der Waals surface area contributed by atoms with E-state index < -0.39 is 91.2 Å². The van der Waals surface area contributed by atoms with Gasteiger partial charge in [-0.1, -0.05) is 53.7 Å². The monoisotopic (exact) mass is 780 g/mol. The average molecular weight is 781 g/mol. The molecule has 0 aromatic heterocycles. The molecule has 55 heavy (non-hydrogen) atoms. The first kappa shape index (κ1) is 41.0. The smallest absolute Gasteiger partial charge is 0.187 e. The normalized spacial score (nSPS) is 59.7. The summed E-state index contributed by atoms with van der Waals surface area (Å²) in [5, 5.41) is 87.0. The summed E-state index contributed by atoms with van der Waals surface area (Å²) in [6.45, 7) is 15.4. The molecule has 4 saturated carbocycles. The highest BCUT2D eigenvalue weighted by molar-refractivity contribution is 5.36. The van der Waals surface area contributed by atoms with Gasteiger partial charge in [0.05, 0.1) is 43.7 Å². The fourth-order valence-corrected chi connectivity index (χ4v) is 14.3. The van der Waals surface area contributed by atoms with Gasteiger partial charge in [0.25, 0.3) is 0 Å². The molecular formula is C42H68O13. The topological polar surface area (TPSA) is 208 Å². The molecule has 1 unspecified atom stereocenters. The predicted octanol–water partition coefficient (Wildman–Crippen LogP) is 1.78. The van der Waals surface area contributed by atoms with Crippen LogP contribution in [0.4, 0.5) is 0 Å². The first-order valence-corrected chi connectivity index (χ1v) is 20.9. The van der Waals surface area contributed by atoms with Crippen LogP contribution in [0.15, 0.2) is 12.2 Å². The lowest BCUT2D eigenvalue weighted by molar-refractivity contribution is -0.367. The van der Waals surface area contributed by atoms with Crippen LogP contribution in [0, 0.1) is 50.2 Å². The molecule has 3 aliphatic heterocycles. The van der Waals surface area contributed by atoms with Crippen molar-refractivity contribution in [3.63, 3.8) is 0 Å². The number of fused-ring (bicyclic) bond motifs is 4. The second-order valence-electron chi connectivity index (χ2n) is 21.0. The second-order valence-corrected chi connectivity index (χ2v) is 21.0. The summed E-state index contributed by atoms with van der Waals surface area (Å²) in [6.07, 6.45) is -3.39. The quantitative estimate of drug-likeness (QED) is 0.143. The number of aliphatic hydroxyl groups is 8. The minimum absolute atomic E-state index is 0.0414. The molecule has 3 heterocycles. The fourth-order valence-electron chi connectivity index (χ4n) is 14.3. The number of ether oxygens (including phenoxy) is 5. The van der Waals surface area contributed by atoms with Crippen molar-refractivity contribution in [2.45, 2.75) is 179 Å². The first-order chi connectivity index (χ1) is 25.7. The molecule has 314 valence electrons. The van der Waals surface area contributed by atoms with Crippen molar-refractivity contribution in [2.24, 2.45) is 50.2 Å². The zero-order valence-electron chi connectivity index (χ0n) is 33.7. The Balaban J connectivity index is 1.05. The Morgan fingerprint density at radius 1 is 0.727 bits per heavy atom. The summed E-state index contributed by atoms with van der Waals surface area (Å²) in [4.78, 5) is 0. The lowest BCUT2D eigenvalue weighted by Gasteiger charge is -2.73. The first-order valence-electron chi connectivity index (χ1n) is 20.9. The average Bonchev–Trinajstić information content (AvgIpc) is 3.41. The standard InChI is InChI=1S/C42H68O13/c1-21-28(46)33(55-34-31(49)30(48)29(47)22(18-43)53-34)32(50)35(52-21)54-27-10-11-37(4)23(38(27,5)19-44)8-12-39(6)24(37)9-13-42-25-16-36(2,3)14-15-41(25,20-51-42)26(45)17-40(39,42)7/h9,13,21-35,43-50H,8,10-12,14-20H2,1-7H3/t21-,22+,23-,24-,25-,26-,27+,28-,29+,30+,31+,32-,33?,34-,35+,37+,38+,39-,40+,41-,42+/m1/s1. The molecule has 2 bridgehead atoms. The number of hydrogen-bond acceptors (Lipinski definition) is 13. The minimum Gasteiger partial charge on any atom is -0.396 e. The molecule has 8 aliphatic rings. The van der Waals surface area contributed by atoms with Crippen LogP contribution in [0.5, 0.6) is 0 Å². The van der Waals surface area contributed by atoms with Crippen LogP contribution in [0.1, 0.15) is 99.8 Å². The largest absolute Gasteiger partial charge is 0.396 e.